The van der Waals surface area contributed by atoms with Gasteiger partial charge in [0.1, 0.15) is 12.6 Å². The van der Waals surface area contributed by atoms with Crippen molar-refractivity contribution < 1.29 is 18.0 Å². The van der Waals surface area contributed by atoms with Gasteiger partial charge in [-0.25, -0.2) is 8.42 Å². The van der Waals surface area contributed by atoms with E-state index in [9.17, 15) is 18.0 Å². The molecule has 0 bridgehead atoms. The molecule has 33 heavy (non-hydrogen) atoms. The Morgan fingerprint density at radius 1 is 1.00 bits per heavy atom. The number of benzene rings is 2. The van der Waals surface area contributed by atoms with E-state index in [1.54, 1.807) is 19.1 Å². The number of anilines is 1. The van der Waals surface area contributed by atoms with Crippen LogP contribution in [0.2, 0.25) is 0 Å². The van der Waals surface area contributed by atoms with Crippen molar-refractivity contribution in [2.45, 2.75) is 53.1 Å². The molecule has 2 amide bonds. The summed E-state index contributed by atoms with van der Waals surface area (Å²) in [5.74, 6) is -0.433. The molecular weight excluding hydrogens is 438 g/mol. The predicted octanol–water partition coefficient (Wildman–Crippen LogP) is 3.44. The molecule has 2 aromatic carbocycles. The van der Waals surface area contributed by atoms with Crippen LogP contribution in [0.1, 0.15) is 50.3 Å². The lowest BCUT2D eigenvalue weighted by Crippen LogP contribution is -2.51. The van der Waals surface area contributed by atoms with E-state index in [0.29, 0.717) is 18.2 Å². The van der Waals surface area contributed by atoms with Crippen molar-refractivity contribution >= 4 is 27.5 Å². The number of rotatable bonds is 10. The summed E-state index contributed by atoms with van der Waals surface area (Å²) in [7, 11) is -3.73. The highest BCUT2D eigenvalue weighted by atomic mass is 32.2. The number of likely N-dealkylation sites (N-methyl/N-ethyl adjacent to an activating group) is 1. The van der Waals surface area contributed by atoms with Gasteiger partial charge in [-0.1, -0.05) is 50.2 Å². The zero-order valence-electron chi connectivity index (χ0n) is 20.3. The van der Waals surface area contributed by atoms with E-state index in [1.165, 1.54) is 4.90 Å². The third kappa shape index (κ3) is 7.05. The predicted molar refractivity (Wildman–Crippen MR) is 133 cm³/mol. The number of carbonyl (C=O) groups is 2. The molecule has 1 atom stereocenters. The molecule has 2 rings (SSSR count). The normalized spacial score (nSPS) is 12.3. The van der Waals surface area contributed by atoms with Gasteiger partial charge in [0.2, 0.25) is 21.8 Å². The van der Waals surface area contributed by atoms with Crippen LogP contribution in [0.25, 0.3) is 0 Å². The summed E-state index contributed by atoms with van der Waals surface area (Å²) in [5, 5.41) is 2.75. The summed E-state index contributed by atoms with van der Waals surface area (Å²) in [6, 6.07) is 14.0. The van der Waals surface area contributed by atoms with E-state index in [0.717, 1.165) is 27.3 Å². The lowest BCUT2D eigenvalue weighted by atomic mass is 10.0. The topological polar surface area (TPSA) is 86.8 Å². The van der Waals surface area contributed by atoms with Crippen LogP contribution < -0.4 is 9.62 Å². The van der Waals surface area contributed by atoms with Crippen LogP contribution in [0.15, 0.2) is 48.5 Å². The Kier molecular flexibility index (Phi) is 9.05. The molecule has 1 N–H and O–H groups in total. The maximum Gasteiger partial charge on any atom is 0.244 e. The summed E-state index contributed by atoms with van der Waals surface area (Å²) in [6.45, 7) is 9.76. The molecular formula is C25H35N3O4S. The first-order valence-corrected chi connectivity index (χ1v) is 13.0. The number of carbonyl (C=O) groups excluding carboxylic acids is 2. The van der Waals surface area contributed by atoms with Gasteiger partial charge in [-0.2, -0.15) is 0 Å². The number of hydrogen-bond donors (Lipinski definition) is 1. The van der Waals surface area contributed by atoms with Crippen LogP contribution in [0.5, 0.6) is 0 Å². The summed E-state index contributed by atoms with van der Waals surface area (Å²) < 4.78 is 26.3. The van der Waals surface area contributed by atoms with Crippen molar-refractivity contribution in [2.75, 3.05) is 23.7 Å². The van der Waals surface area contributed by atoms with Crippen molar-refractivity contribution in [3.63, 3.8) is 0 Å². The van der Waals surface area contributed by atoms with Crippen molar-refractivity contribution in [1.29, 1.82) is 0 Å². The van der Waals surface area contributed by atoms with Gasteiger partial charge >= 0.3 is 0 Å². The van der Waals surface area contributed by atoms with E-state index >= 15 is 0 Å². The number of aryl methyl sites for hydroxylation is 1. The van der Waals surface area contributed by atoms with Crippen LogP contribution >= 0.6 is 0 Å². The smallest absolute Gasteiger partial charge is 0.244 e. The van der Waals surface area contributed by atoms with E-state index in [4.69, 9.17) is 0 Å². The largest absolute Gasteiger partial charge is 0.355 e. The first-order chi connectivity index (χ1) is 15.5. The molecule has 0 aliphatic heterocycles. The van der Waals surface area contributed by atoms with Gasteiger partial charge in [-0.05, 0) is 55.5 Å². The van der Waals surface area contributed by atoms with Crippen molar-refractivity contribution in [1.82, 2.24) is 10.2 Å². The fraction of sp³-hybridized carbons (Fsp3) is 0.440. The highest BCUT2D eigenvalue weighted by Crippen LogP contribution is 2.23. The van der Waals surface area contributed by atoms with Gasteiger partial charge < -0.3 is 10.2 Å². The third-order valence-electron chi connectivity index (χ3n) is 5.65. The molecule has 180 valence electrons. The number of nitrogens with one attached hydrogen (secondary N) is 1. The highest BCUT2D eigenvalue weighted by Gasteiger charge is 2.30. The third-order valence-corrected chi connectivity index (χ3v) is 6.79. The quantitative estimate of drug-likeness (QED) is 0.573. The molecule has 0 saturated carbocycles. The van der Waals surface area contributed by atoms with Gasteiger partial charge in [0.25, 0.3) is 0 Å². The Bertz CT molecular complexity index is 1070. The summed E-state index contributed by atoms with van der Waals surface area (Å²) in [4.78, 5) is 27.5. The Hall–Kier alpha value is -2.87. The zero-order valence-corrected chi connectivity index (χ0v) is 21.1. The van der Waals surface area contributed by atoms with Crippen molar-refractivity contribution in [2.24, 2.45) is 0 Å². The Morgan fingerprint density at radius 2 is 1.61 bits per heavy atom. The van der Waals surface area contributed by atoms with E-state index < -0.39 is 28.5 Å². The molecule has 0 aromatic heterocycles. The standard InChI is InChI=1S/C25H35N3O4S/c1-7-26-25(30)20(5)27(16-22-11-9-8-10-19(22)4)24(29)17-28(33(6,31)32)23-14-12-21(13-15-23)18(2)3/h8-15,18,20H,7,16-17H2,1-6H3,(H,26,30)/t20-/m1/s1. The molecule has 0 fully saturated rings. The number of nitrogens with zero attached hydrogens (tertiary/aromatic N) is 2. The lowest BCUT2D eigenvalue weighted by molar-refractivity contribution is -0.139. The first-order valence-electron chi connectivity index (χ1n) is 11.1. The van der Waals surface area contributed by atoms with Crippen LogP contribution in [-0.2, 0) is 26.2 Å². The minimum atomic E-state index is -3.73. The fourth-order valence-corrected chi connectivity index (χ4v) is 4.36. The molecule has 0 spiro atoms. The Balaban J connectivity index is 2.39. The second kappa shape index (κ2) is 11.3. The molecule has 0 saturated heterocycles. The van der Waals surface area contributed by atoms with E-state index in [-0.39, 0.29) is 12.5 Å². The van der Waals surface area contributed by atoms with Crippen molar-refractivity contribution in [3.8, 4) is 0 Å². The SMILES string of the molecule is CCNC(=O)[C@@H](C)N(Cc1ccccc1C)C(=O)CN(c1ccc(C(C)C)cc1)S(C)(=O)=O. The van der Waals surface area contributed by atoms with Crippen LogP contribution in [0.4, 0.5) is 5.69 Å². The average Bonchev–Trinajstić information content (AvgIpc) is 2.75. The number of sulfonamides is 1. The molecule has 0 radical (unpaired) electrons. The minimum Gasteiger partial charge on any atom is -0.355 e. The second-order valence-corrected chi connectivity index (χ2v) is 10.4. The Morgan fingerprint density at radius 3 is 2.12 bits per heavy atom. The molecule has 7 nitrogen and oxygen atoms in total. The summed E-state index contributed by atoms with van der Waals surface area (Å²) in [5.41, 5.74) is 3.37. The zero-order chi connectivity index (χ0) is 24.8. The summed E-state index contributed by atoms with van der Waals surface area (Å²) in [6.07, 6.45) is 1.08. The minimum absolute atomic E-state index is 0.202. The molecule has 0 unspecified atom stereocenters. The van der Waals surface area contributed by atoms with Crippen LogP contribution in [-0.4, -0.2) is 50.5 Å². The average molecular weight is 474 g/mol. The van der Waals surface area contributed by atoms with Crippen molar-refractivity contribution in [3.05, 3.63) is 65.2 Å². The Labute approximate surface area is 197 Å². The number of amides is 2. The second-order valence-electron chi connectivity index (χ2n) is 8.53. The van der Waals surface area contributed by atoms with E-state index in [2.05, 4.69) is 19.2 Å². The molecule has 2 aromatic rings. The molecule has 0 aliphatic carbocycles. The molecule has 0 aliphatic rings. The lowest BCUT2D eigenvalue weighted by Gasteiger charge is -2.31. The first kappa shape index (κ1) is 26.4. The van der Waals surface area contributed by atoms with Gasteiger partial charge in [0, 0.05) is 13.1 Å². The van der Waals surface area contributed by atoms with E-state index in [1.807, 2.05) is 50.2 Å². The maximum atomic E-state index is 13.5. The van der Waals surface area contributed by atoms with Crippen LogP contribution in [0.3, 0.4) is 0 Å². The monoisotopic (exact) mass is 473 g/mol. The number of hydrogen-bond acceptors (Lipinski definition) is 4. The van der Waals surface area contributed by atoms with Gasteiger partial charge in [-0.3, -0.25) is 13.9 Å². The maximum absolute atomic E-state index is 13.5. The fourth-order valence-electron chi connectivity index (χ4n) is 3.51. The molecule has 8 heteroatoms. The van der Waals surface area contributed by atoms with Gasteiger partial charge in [-0.15, -0.1) is 0 Å². The summed E-state index contributed by atoms with van der Waals surface area (Å²) >= 11 is 0. The van der Waals surface area contributed by atoms with Gasteiger partial charge in [0.15, 0.2) is 0 Å². The van der Waals surface area contributed by atoms with Crippen LogP contribution in [0, 0.1) is 6.92 Å². The molecule has 0 heterocycles. The van der Waals surface area contributed by atoms with Gasteiger partial charge in [0.05, 0.1) is 11.9 Å². The highest BCUT2D eigenvalue weighted by molar-refractivity contribution is 7.92.